The Bertz CT molecular complexity index is 158. The highest BCUT2D eigenvalue weighted by Gasteiger charge is 2.17. The van der Waals surface area contributed by atoms with Crippen molar-refractivity contribution < 1.29 is 4.74 Å². The van der Waals surface area contributed by atoms with E-state index in [1.807, 2.05) is 0 Å². The molecule has 0 bridgehead atoms. The van der Waals surface area contributed by atoms with Gasteiger partial charge < -0.3 is 4.74 Å². The number of hydrogen-bond acceptors (Lipinski definition) is 1. The number of ether oxygens (including phenoxy) is 1. The monoisotopic (exact) mass is 168 g/mol. The van der Waals surface area contributed by atoms with E-state index in [-0.39, 0.29) is 0 Å². The first-order chi connectivity index (χ1) is 5.74. The summed E-state index contributed by atoms with van der Waals surface area (Å²) in [5.74, 6) is 0. The summed E-state index contributed by atoms with van der Waals surface area (Å²) in [4.78, 5) is 0. The first kappa shape index (κ1) is 9.79. The molecule has 1 aliphatic rings. The predicted octanol–water partition coefficient (Wildman–Crippen LogP) is 3.30. The summed E-state index contributed by atoms with van der Waals surface area (Å²) in [5.41, 5.74) is 1.51. The normalized spacial score (nSPS) is 24.3. The second kappa shape index (κ2) is 4.66. The van der Waals surface area contributed by atoms with Crippen LogP contribution in [0, 0.1) is 0 Å². The molecule has 12 heavy (non-hydrogen) atoms. The van der Waals surface area contributed by atoms with Gasteiger partial charge in [0, 0.05) is 0 Å². The minimum Gasteiger partial charge on any atom is -0.371 e. The van der Waals surface area contributed by atoms with E-state index in [0.717, 1.165) is 6.42 Å². The summed E-state index contributed by atoms with van der Waals surface area (Å²) in [6.07, 6.45) is 8.06. The van der Waals surface area contributed by atoms with Crippen molar-refractivity contribution in [2.75, 3.05) is 0 Å². The molecular formula is C11H20O. The van der Waals surface area contributed by atoms with Crippen LogP contribution in [0.25, 0.3) is 0 Å². The van der Waals surface area contributed by atoms with Gasteiger partial charge in [-0.3, -0.25) is 0 Å². The van der Waals surface area contributed by atoms with Crippen molar-refractivity contribution in [2.24, 2.45) is 0 Å². The van der Waals surface area contributed by atoms with Crippen LogP contribution in [-0.2, 0) is 4.74 Å². The van der Waals surface area contributed by atoms with E-state index in [9.17, 15) is 0 Å². The third kappa shape index (κ3) is 2.63. The molecule has 0 aliphatic heterocycles. The quantitative estimate of drug-likeness (QED) is 0.587. The van der Waals surface area contributed by atoms with Gasteiger partial charge in [0.1, 0.15) is 0 Å². The maximum Gasteiger partial charge on any atom is 0.0788 e. The minimum atomic E-state index is 0.364. The molecule has 0 amide bonds. The van der Waals surface area contributed by atoms with Crippen LogP contribution in [0.2, 0.25) is 0 Å². The van der Waals surface area contributed by atoms with E-state index < -0.39 is 0 Å². The molecule has 0 N–H and O–H groups in total. The fourth-order valence-corrected chi connectivity index (χ4v) is 1.76. The first-order valence-corrected chi connectivity index (χ1v) is 5.08. The maximum atomic E-state index is 5.83. The van der Waals surface area contributed by atoms with Gasteiger partial charge in [0.15, 0.2) is 0 Å². The Hall–Kier alpha value is -0.300. The zero-order chi connectivity index (χ0) is 8.97. The van der Waals surface area contributed by atoms with Crippen LogP contribution >= 0.6 is 0 Å². The van der Waals surface area contributed by atoms with Crippen LogP contribution in [-0.4, -0.2) is 12.2 Å². The van der Waals surface area contributed by atoms with Crippen LogP contribution in [0.5, 0.6) is 0 Å². The molecule has 1 rings (SSSR count). The first-order valence-electron chi connectivity index (χ1n) is 5.08. The van der Waals surface area contributed by atoms with Gasteiger partial charge in [0.05, 0.1) is 12.2 Å². The second-order valence-corrected chi connectivity index (χ2v) is 3.74. The molecule has 0 aromatic rings. The van der Waals surface area contributed by atoms with E-state index >= 15 is 0 Å². The number of allylic oxidation sites excluding steroid dienone is 1. The van der Waals surface area contributed by atoms with Crippen molar-refractivity contribution in [3.05, 3.63) is 11.6 Å². The van der Waals surface area contributed by atoms with Crippen molar-refractivity contribution in [3.63, 3.8) is 0 Å². The van der Waals surface area contributed by atoms with Gasteiger partial charge in [-0.05, 0) is 45.1 Å². The number of rotatable bonds is 3. The Labute approximate surface area is 75.8 Å². The molecule has 70 valence electrons. The molecule has 0 heterocycles. The smallest absolute Gasteiger partial charge is 0.0788 e. The molecule has 0 spiro atoms. The van der Waals surface area contributed by atoms with Gasteiger partial charge in [-0.15, -0.1) is 0 Å². The third-order valence-electron chi connectivity index (χ3n) is 2.34. The van der Waals surface area contributed by atoms with Gasteiger partial charge >= 0.3 is 0 Å². The van der Waals surface area contributed by atoms with E-state index in [4.69, 9.17) is 4.74 Å². The topological polar surface area (TPSA) is 9.23 Å². The van der Waals surface area contributed by atoms with Gasteiger partial charge in [0.2, 0.25) is 0 Å². The minimum absolute atomic E-state index is 0.364. The fourth-order valence-electron chi connectivity index (χ4n) is 1.76. The molecule has 0 saturated heterocycles. The molecule has 0 aromatic carbocycles. The molecule has 1 nitrogen and oxygen atoms in total. The van der Waals surface area contributed by atoms with Gasteiger partial charge in [0.25, 0.3) is 0 Å². The summed E-state index contributed by atoms with van der Waals surface area (Å²) in [7, 11) is 0. The largest absolute Gasteiger partial charge is 0.371 e. The highest BCUT2D eigenvalue weighted by atomic mass is 16.5. The highest BCUT2D eigenvalue weighted by Crippen LogP contribution is 2.24. The third-order valence-corrected chi connectivity index (χ3v) is 2.34. The van der Waals surface area contributed by atoms with Crippen LogP contribution < -0.4 is 0 Å². The Kier molecular flexibility index (Phi) is 3.80. The fraction of sp³-hybridized carbons (Fsp3) is 0.818. The van der Waals surface area contributed by atoms with E-state index in [1.165, 1.54) is 24.8 Å². The summed E-state index contributed by atoms with van der Waals surface area (Å²) in [5, 5.41) is 0. The second-order valence-electron chi connectivity index (χ2n) is 3.74. The van der Waals surface area contributed by atoms with Crippen LogP contribution in [0.1, 0.15) is 46.5 Å². The summed E-state index contributed by atoms with van der Waals surface area (Å²) < 4.78 is 5.83. The SMILES string of the molecule is CCC1=CCCCC1OC(C)C. The Morgan fingerprint density at radius 3 is 2.92 bits per heavy atom. The van der Waals surface area contributed by atoms with Gasteiger partial charge in [-0.1, -0.05) is 13.0 Å². The van der Waals surface area contributed by atoms with Crippen LogP contribution in [0.3, 0.4) is 0 Å². The van der Waals surface area contributed by atoms with Gasteiger partial charge in [-0.2, -0.15) is 0 Å². The summed E-state index contributed by atoms with van der Waals surface area (Å²) >= 11 is 0. The standard InChI is InChI=1S/C11H20O/c1-4-10-7-5-6-8-11(10)12-9(2)3/h7,9,11H,4-6,8H2,1-3H3. The molecule has 1 heteroatoms. The van der Waals surface area contributed by atoms with E-state index in [2.05, 4.69) is 26.8 Å². The molecule has 1 aliphatic carbocycles. The van der Waals surface area contributed by atoms with Crippen molar-refractivity contribution in [2.45, 2.75) is 58.7 Å². The lowest BCUT2D eigenvalue weighted by Gasteiger charge is -2.25. The highest BCUT2D eigenvalue weighted by molar-refractivity contribution is 5.10. The predicted molar refractivity (Wildman–Crippen MR) is 52.2 cm³/mol. The number of hydrogen-bond donors (Lipinski definition) is 0. The molecule has 0 saturated carbocycles. The average Bonchev–Trinajstić information content (AvgIpc) is 2.04. The molecule has 0 fully saturated rings. The Morgan fingerprint density at radius 1 is 1.58 bits per heavy atom. The molecule has 1 atom stereocenters. The van der Waals surface area contributed by atoms with Crippen LogP contribution in [0.4, 0.5) is 0 Å². The van der Waals surface area contributed by atoms with E-state index in [0.29, 0.717) is 12.2 Å². The van der Waals surface area contributed by atoms with Gasteiger partial charge in [-0.25, -0.2) is 0 Å². The van der Waals surface area contributed by atoms with Crippen molar-refractivity contribution in [3.8, 4) is 0 Å². The van der Waals surface area contributed by atoms with Crippen LogP contribution in [0.15, 0.2) is 11.6 Å². The van der Waals surface area contributed by atoms with Crippen molar-refractivity contribution >= 4 is 0 Å². The molecule has 1 unspecified atom stereocenters. The molecule has 0 radical (unpaired) electrons. The molecular weight excluding hydrogens is 148 g/mol. The lowest BCUT2D eigenvalue weighted by molar-refractivity contribution is 0.0194. The zero-order valence-corrected chi connectivity index (χ0v) is 8.47. The maximum absolute atomic E-state index is 5.83. The Morgan fingerprint density at radius 2 is 2.33 bits per heavy atom. The zero-order valence-electron chi connectivity index (χ0n) is 8.47. The average molecular weight is 168 g/mol. The Balaban J connectivity index is 2.49. The lowest BCUT2D eigenvalue weighted by Crippen LogP contribution is -2.22. The van der Waals surface area contributed by atoms with Crippen molar-refractivity contribution in [1.82, 2.24) is 0 Å². The molecule has 0 aromatic heterocycles. The summed E-state index contributed by atoms with van der Waals surface area (Å²) in [6, 6.07) is 0. The van der Waals surface area contributed by atoms with Crippen molar-refractivity contribution in [1.29, 1.82) is 0 Å². The van der Waals surface area contributed by atoms with E-state index in [1.54, 1.807) is 0 Å². The lowest BCUT2D eigenvalue weighted by atomic mass is 9.94. The summed E-state index contributed by atoms with van der Waals surface area (Å²) in [6.45, 7) is 6.44.